The first-order chi connectivity index (χ1) is 26.0. The molecule has 0 saturated heterocycles. The molecule has 258 valence electrons. The number of hydrogen-bond acceptors (Lipinski definition) is 2. The molecule has 6 aromatic rings. The highest BCUT2D eigenvalue weighted by atomic mass is 15.1. The van der Waals surface area contributed by atoms with Crippen LogP contribution >= 0.6 is 0 Å². The Labute approximate surface area is 310 Å². The van der Waals surface area contributed by atoms with E-state index in [1.54, 1.807) is 0 Å². The number of aromatic nitrogens is 4. The van der Waals surface area contributed by atoms with Gasteiger partial charge in [0, 0.05) is 28.4 Å². The fraction of sp³-hybridized carbons (Fsp3) is 0.224. The van der Waals surface area contributed by atoms with Gasteiger partial charge in [-0.2, -0.15) is 0 Å². The Kier molecular flexibility index (Phi) is 6.77. The van der Waals surface area contributed by atoms with Crippen LogP contribution in [0.3, 0.4) is 0 Å². The molecular formula is C49H42N4. The van der Waals surface area contributed by atoms with E-state index in [2.05, 4.69) is 163 Å². The summed E-state index contributed by atoms with van der Waals surface area (Å²) in [5.41, 5.74) is 13.7. The fourth-order valence-electron chi connectivity index (χ4n) is 9.91. The molecule has 0 bridgehead atoms. The van der Waals surface area contributed by atoms with Gasteiger partial charge in [0.2, 0.25) is 0 Å². The van der Waals surface area contributed by atoms with Gasteiger partial charge in [0.1, 0.15) is 11.6 Å². The Morgan fingerprint density at radius 3 is 2.38 bits per heavy atom. The van der Waals surface area contributed by atoms with Gasteiger partial charge >= 0.3 is 0 Å². The molecule has 0 N–H and O–H groups in total. The number of para-hydroxylation sites is 2. The van der Waals surface area contributed by atoms with Gasteiger partial charge in [0.15, 0.2) is 0 Å². The first-order valence-corrected chi connectivity index (χ1v) is 19.4. The molecule has 0 spiro atoms. The van der Waals surface area contributed by atoms with Crippen molar-refractivity contribution in [2.45, 2.75) is 57.3 Å². The highest BCUT2D eigenvalue weighted by Gasteiger charge is 2.46. The van der Waals surface area contributed by atoms with E-state index in [1.807, 2.05) is 0 Å². The lowest BCUT2D eigenvalue weighted by Crippen LogP contribution is -2.38. The first-order valence-electron chi connectivity index (χ1n) is 19.4. The van der Waals surface area contributed by atoms with Gasteiger partial charge < -0.3 is 0 Å². The van der Waals surface area contributed by atoms with Gasteiger partial charge in [-0.15, -0.1) is 0 Å². The zero-order valence-electron chi connectivity index (χ0n) is 30.3. The van der Waals surface area contributed by atoms with E-state index in [9.17, 15) is 0 Å². The van der Waals surface area contributed by atoms with Crippen molar-refractivity contribution in [3.63, 3.8) is 0 Å². The molecule has 4 heteroatoms. The molecule has 4 aromatic carbocycles. The smallest absolute Gasteiger partial charge is 0.145 e. The van der Waals surface area contributed by atoms with Gasteiger partial charge in [-0.1, -0.05) is 98.8 Å². The SMILES string of the molecule is CC1(C)c2cc3c(cc2C2C=c4nc(-c5ccc6c(c5)C=CCC6)n(-c5ccccc5)c4=CC21)nc(C1=CCC2CCC=CC2=C1)n3-c1ccccc1. The van der Waals surface area contributed by atoms with Crippen LogP contribution in [0.2, 0.25) is 0 Å². The summed E-state index contributed by atoms with van der Waals surface area (Å²) in [6.45, 7) is 4.87. The van der Waals surface area contributed by atoms with Crippen molar-refractivity contribution in [1.82, 2.24) is 19.1 Å². The van der Waals surface area contributed by atoms with Crippen molar-refractivity contribution < 1.29 is 0 Å². The third-order valence-corrected chi connectivity index (χ3v) is 12.7. The molecule has 4 nitrogen and oxygen atoms in total. The zero-order valence-corrected chi connectivity index (χ0v) is 30.3. The molecule has 0 amide bonds. The summed E-state index contributed by atoms with van der Waals surface area (Å²) < 4.78 is 4.79. The maximum absolute atomic E-state index is 5.47. The minimum Gasteiger partial charge on any atom is -0.293 e. The Hall–Kier alpha value is -5.74. The number of nitrogens with zero attached hydrogens (tertiary/aromatic N) is 4. The predicted molar refractivity (Wildman–Crippen MR) is 217 cm³/mol. The van der Waals surface area contributed by atoms with Gasteiger partial charge in [0.25, 0.3) is 0 Å². The van der Waals surface area contributed by atoms with Crippen LogP contribution in [-0.4, -0.2) is 19.1 Å². The van der Waals surface area contributed by atoms with Crippen molar-refractivity contribution in [1.29, 1.82) is 0 Å². The summed E-state index contributed by atoms with van der Waals surface area (Å²) in [4.78, 5) is 10.9. The molecule has 11 rings (SSSR count). The van der Waals surface area contributed by atoms with E-state index in [0.29, 0.717) is 5.92 Å². The lowest BCUT2D eigenvalue weighted by Gasteiger charge is -2.29. The largest absolute Gasteiger partial charge is 0.293 e. The van der Waals surface area contributed by atoms with Crippen LogP contribution in [0.25, 0.3) is 57.6 Å². The summed E-state index contributed by atoms with van der Waals surface area (Å²) in [5.74, 6) is 3.14. The maximum Gasteiger partial charge on any atom is 0.145 e. The minimum absolute atomic E-state index is 0.108. The van der Waals surface area contributed by atoms with E-state index < -0.39 is 0 Å². The minimum atomic E-state index is -0.108. The topological polar surface area (TPSA) is 35.6 Å². The summed E-state index contributed by atoms with van der Waals surface area (Å²) in [6.07, 6.45) is 24.7. The Bertz CT molecular complexity index is 2730. The molecule has 3 atom stereocenters. The molecule has 0 saturated carbocycles. The van der Waals surface area contributed by atoms with Crippen LogP contribution in [-0.2, 0) is 11.8 Å². The third-order valence-electron chi connectivity index (χ3n) is 12.7. The Balaban J connectivity index is 1.10. The third kappa shape index (κ3) is 4.74. The number of benzene rings is 4. The van der Waals surface area contributed by atoms with E-state index in [-0.39, 0.29) is 17.3 Å². The number of rotatable bonds is 4. The lowest BCUT2D eigenvalue weighted by molar-refractivity contribution is 0.421. The predicted octanol–water partition coefficient (Wildman–Crippen LogP) is 9.78. The molecule has 2 aromatic heterocycles. The summed E-state index contributed by atoms with van der Waals surface area (Å²) in [6, 6.07) is 33.3. The monoisotopic (exact) mass is 686 g/mol. The van der Waals surface area contributed by atoms with Crippen LogP contribution in [0.15, 0.2) is 127 Å². The van der Waals surface area contributed by atoms with Crippen molar-refractivity contribution >= 4 is 34.8 Å². The van der Waals surface area contributed by atoms with Crippen LogP contribution in [0.5, 0.6) is 0 Å². The standard InChI is InChI=1S/C49H42N4/c1-49(2)41-29-45-43(50-47(52(45)37-17-5-3-6-18-37)35-23-21-31-13-9-11-15-33(31)25-35)27-39(41)40-28-44-46(30-42(40)49)53(38-19-7-4-8-20-38)48(51-44)36-24-22-32-14-10-12-16-34(32)26-36/h3-8,11-12,15-21,23-30,32,39,41H,9-10,13-14,22H2,1-2H3. The van der Waals surface area contributed by atoms with E-state index >= 15 is 0 Å². The van der Waals surface area contributed by atoms with Crippen LogP contribution in [0.4, 0.5) is 0 Å². The lowest BCUT2D eigenvalue weighted by atomic mass is 9.74. The number of allylic oxidation sites excluding steroid dienone is 7. The van der Waals surface area contributed by atoms with Gasteiger partial charge in [-0.3, -0.25) is 9.13 Å². The second-order valence-electron chi connectivity index (χ2n) is 16.1. The van der Waals surface area contributed by atoms with Crippen LogP contribution < -0.4 is 10.7 Å². The number of fused-ring (bicyclic) bond motifs is 7. The van der Waals surface area contributed by atoms with Crippen molar-refractivity contribution in [3.05, 3.63) is 166 Å². The Morgan fingerprint density at radius 1 is 0.755 bits per heavy atom. The summed E-state index contributed by atoms with van der Waals surface area (Å²) >= 11 is 0. The van der Waals surface area contributed by atoms with E-state index in [1.165, 1.54) is 57.1 Å². The second kappa shape index (κ2) is 11.6. The molecule has 3 unspecified atom stereocenters. The van der Waals surface area contributed by atoms with Crippen molar-refractivity contribution in [3.8, 4) is 22.8 Å². The molecular weight excluding hydrogens is 645 g/mol. The summed E-state index contributed by atoms with van der Waals surface area (Å²) in [7, 11) is 0. The Morgan fingerprint density at radius 2 is 1.55 bits per heavy atom. The average Bonchev–Trinajstić information content (AvgIpc) is 3.84. The van der Waals surface area contributed by atoms with Crippen LogP contribution in [0.1, 0.15) is 73.5 Å². The van der Waals surface area contributed by atoms with Gasteiger partial charge in [-0.25, -0.2) is 9.97 Å². The normalized spacial score (nSPS) is 21.7. The average molecular weight is 687 g/mol. The molecule has 0 fully saturated rings. The van der Waals surface area contributed by atoms with E-state index in [4.69, 9.17) is 9.97 Å². The number of hydrogen-bond donors (Lipinski definition) is 0. The van der Waals surface area contributed by atoms with Gasteiger partial charge in [0.05, 0.1) is 21.7 Å². The highest BCUT2D eigenvalue weighted by Crippen LogP contribution is 2.54. The molecule has 0 aliphatic heterocycles. The van der Waals surface area contributed by atoms with Crippen molar-refractivity contribution in [2.24, 2.45) is 11.8 Å². The van der Waals surface area contributed by atoms with E-state index in [0.717, 1.165) is 58.7 Å². The fourth-order valence-corrected chi connectivity index (χ4v) is 9.91. The second-order valence-corrected chi connectivity index (χ2v) is 16.1. The van der Waals surface area contributed by atoms with Crippen LogP contribution in [0, 0.1) is 11.8 Å². The molecule has 0 radical (unpaired) electrons. The molecule has 53 heavy (non-hydrogen) atoms. The molecule has 5 aliphatic rings. The first kappa shape index (κ1) is 30.8. The zero-order chi connectivity index (χ0) is 35.3. The van der Waals surface area contributed by atoms with Crippen molar-refractivity contribution in [2.75, 3.05) is 0 Å². The molecule has 5 aliphatic carbocycles. The highest BCUT2D eigenvalue weighted by molar-refractivity contribution is 5.88. The maximum atomic E-state index is 5.47. The van der Waals surface area contributed by atoms with Gasteiger partial charge in [-0.05, 0) is 132 Å². The quantitative estimate of drug-likeness (QED) is 0.185. The molecule has 2 heterocycles. The summed E-state index contributed by atoms with van der Waals surface area (Å²) in [5, 5.41) is 2.25. The number of aryl methyl sites for hydroxylation is 1. The number of imidazole rings is 2.